The molecule has 1 aromatic carbocycles. The second-order valence-corrected chi connectivity index (χ2v) is 6.12. The quantitative estimate of drug-likeness (QED) is 0.927. The Hall–Kier alpha value is -1.95. The lowest BCUT2D eigenvalue weighted by atomic mass is 10.0. The zero-order valence-electron chi connectivity index (χ0n) is 13.9. The van der Waals surface area contributed by atoms with Crippen LogP contribution in [0.25, 0.3) is 0 Å². The first-order valence-corrected chi connectivity index (χ1v) is 8.00. The number of benzene rings is 1. The van der Waals surface area contributed by atoms with Crippen molar-refractivity contribution in [3.05, 3.63) is 18.2 Å². The molecule has 6 nitrogen and oxygen atoms in total. The lowest BCUT2D eigenvalue weighted by molar-refractivity contribution is 0.0232. The number of amides is 2. The Morgan fingerprint density at radius 3 is 2.39 bits per heavy atom. The molecule has 23 heavy (non-hydrogen) atoms. The number of methoxy groups -OCH3 is 3. The van der Waals surface area contributed by atoms with E-state index in [1.165, 1.54) is 0 Å². The third kappa shape index (κ3) is 3.08. The molecule has 1 aromatic rings. The molecular formula is C17H24N2O4. The summed E-state index contributed by atoms with van der Waals surface area (Å²) in [7, 11) is 4.94. The molecule has 2 fully saturated rings. The molecule has 2 atom stereocenters. The number of piperidine rings is 1. The summed E-state index contributed by atoms with van der Waals surface area (Å²) in [6.45, 7) is 0. The molecule has 126 valence electrons. The van der Waals surface area contributed by atoms with Gasteiger partial charge in [-0.25, -0.2) is 4.79 Å². The SMILES string of the molecule is COc1ccc(NC(=O)N2C3CCC2CC(OC)C3)c(OC)c1. The minimum atomic E-state index is -0.0597. The molecule has 0 aromatic heterocycles. The van der Waals surface area contributed by atoms with Crippen LogP contribution < -0.4 is 14.8 Å². The van der Waals surface area contributed by atoms with Gasteiger partial charge in [0, 0.05) is 25.3 Å². The zero-order chi connectivity index (χ0) is 16.4. The number of fused-ring (bicyclic) bond motifs is 2. The summed E-state index contributed by atoms with van der Waals surface area (Å²) in [5.74, 6) is 1.29. The second-order valence-electron chi connectivity index (χ2n) is 6.12. The fourth-order valence-electron chi connectivity index (χ4n) is 3.73. The molecule has 0 spiro atoms. The maximum Gasteiger partial charge on any atom is 0.322 e. The lowest BCUT2D eigenvalue weighted by Gasteiger charge is -2.38. The van der Waals surface area contributed by atoms with Crippen molar-refractivity contribution >= 4 is 11.7 Å². The van der Waals surface area contributed by atoms with E-state index in [1.54, 1.807) is 33.5 Å². The number of carbonyl (C=O) groups is 1. The summed E-state index contributed by atoms with van der Waals surface area (Å²) in [6.07, 6.45) is 4.21. The van der Waals surface area contributed by atoms with Gasteiger partial charge in [0.15, 0.2) is 0 Å². The smallest absolute Gasteiger partial charge is 0.322 e. The molecule has 0 saturated carbocycles. The van der Waals surface area contributed by atoms with E-state index in [0.29, 0.717) is 17.2 Å². The highest BCUT2D eigenvalue weighted by atomic mass is 16.5. The van der Waals surface area contributed by atoms with Gasteiger partial charge in [0.25, 0.3) is 0 Å². The predicted octanol–water partition coefficient (Wildman–Crippen LogP) is 2.88. The van der Waals surface area contributed by atoms with Crippen LogP contribution in [0.2, 0.25) is 0 Å². The summed E-state index contributed by atoms with van der Waals surface area (Å²) in [5.41, 5.74) is 0.659. The van der Waals surface area contributed by atoms with Gasteiger partial charge in [-0.15, -0.1) is 0 Å². The van der Waals surface area contributed by atoms with Gasteiger partial charge in [0.2, 0.25) is 0 Å². The van der Waals surface area contributed by atoms with E-state index >= 15 is 0 Å². The first kappa shape index (κ1) is 15.9. The Kier molecular flexibility index (Phi) is 4.61. The molecule has 2 aliphatic rings. The van der Waals surface area contributed by atoms with Crippen LogP contribution in [0.15, 0.2) is 18.2 Å². The molecule has 2 unspecified atom stereocenters. The molecule has 2 amide bonds. The number of hydrogen-bond donors (Lipinski definition) is 1. The average molecular weight is 320 g/mol. The molecule has 0 radical (unpaired) electrons. The van der Waals surface area contributed by atoms with Gasteiger partial charge in [-0.05, 0) is 37.8 Å². The Morgan fingerprint density at radius 1 is 1.13 bits per heavy atom. The van der Waals surface area contributed by atoms with Crippen LogP contribution in [0.3, 0.4) is 0 Å². The van der Waals surface area contributed by atoms with Crippen LogP contribution in [-0.2, 0) is 4.74 Å². The largest absolute Gasteiger partial charge is 0.497 e. The third-order valence-corrected chi connectivity index (χ3v) is 4.91. The van der Waals surface area contributed by atoms with Crippen molar-refractivity contribution < 1.29 is 19.0 Å². The van der Waals surface area contributed by atoms with E-state index in [9.17, 15) is 4.79 Å². The van der Waals surface area contributed by atoms with E-state index in [2.05, 4.69) is 5.32 Å². The van der Waals surface area contributed by atoms with E-state index < -0.39 is 0 Å². The first-order chi connectivity index (χ1) is 11.2. The molecule has 2 saturated heterocycles. The van der Waals surface area contributed by atoms with Crippen LogP contribution in [0.4, 0.5) is 10.5 Å². The van der Waals surface area contributed by atoms with Crippen molar-refractivity contribution in [1.29, 1.82) is 0 Å². The summed E-state index contributed by atoms with van der Waals surface area (Å²) >= 11 is 0. The second kappa shape index (κ2) is 6.66. The van der Waals surface area contributed by atoms with Crippen molar-refractivity contribution in [2.45, 2.75) is 43.9 Å². The third-order valence-electron chi connectivity index (χ3n) is 4.91. The minimum absolute atomic E-state index is 0.0597. The molecular weight excluding hydrogens is 296 g/mol. The van der Waals surface area contributed by atoms with Gasteiger partial charge in [0.05, 0.1) is 26.0 Å². The maximum atomic E-state index is 12.7. The molecule has 1 N–H and O–H groups in total. The van der Waals surface area contributed by atoms with Crippen molar-refractivity contribution in [2.75, 3.05) is 26.6 Å². The van der Waals surface area contributed by atoms with Gasteiger partial charge < -0.3 is 24.4 Å². The number of nitrogens with zero attached hydrogens (tertiary/aromatic N) is 1. The Bertz CT molecular complexity index is 564. The molecule has 0 aliphatic carbocycles. The standard InChI is InChI=1S/C17H24N2O4/c1-21-13-6-7-15(16(10-13)23-3)18-17(20)19-11-4-5-12(19)9-14(8-11)22-2/h6-7,10-12,14H,4-5,8-9H2,1-3H3,(H,18,20). The number of urea groups is 1. The number of carbonyl (C=O) groups excluding carboxylic acids is 1. The van der Waals surface area contributed by atoms with E-state index in [4.69, 9.17) is 14.2 Å². The van der Waals surface area contributed by atoms with Crippen LogP contribution >= 0.6 is 0 Å². The van der Waals surface area contributed by atoms with E-state index in [1.807, 2.05) is 11.0 Å². The fraction of sp³-hybridized carbons (Fsp3) is 0.588. The highest BCUT2D eigenvalue weighted by Crippen LogP contribution is 2.38. The summed E-state index contributed by atoms with van der Waals surface area (Å²) in [6, 6.07) is 5.85. The number of ether oxygens (including phenoxy) is 3. The van der Waals surface area contributed by atoms with Crippen LogP contribution in [0.1, 0.15) is 25.7 Å². The van der Waals surface area contributed by atoms with E-state index in [-0.39, 0.29) is 24.2 Å². The summed E-state index contributed by atoms with van der Waals surface area (Å²) in [5, 5.41) is 2.98. The van der Waals surface area contributed by atoms with Crippen molar-refractivity contribution in [3.63, 3.8) is 0 Å². The maximum absolute atomic E-state index is 12.7. The number of nitrogens with one attached hydrogen (secondary N) is 1. The van der Waals surface area contributed by atoms with Crippen molar-refractivity contribution in [1.82, 2.24) is 4.90 Å². The molecule has 3 rings (SSSR count). The monoisotopic (exact) mass is 320 g/mol. The summed E-state index contributed by atoms with van der Waals surface area (Å²) < 4.78 is 16.0. The Labute approximate surface area is 136 Å². The van der Waals surface area contributed by atoms with Gasteiger partial charge in [-0.2, -0.15) is 0 Å². The fourth-order valence-corrected chi connectivity index (χ4v) is 3.73. The van der Waals surface area contributed by atoms with Gasteiger partial charge in [-0.1, -0.05) is 0 Å². The Morgan fingerprint density at radius 2 is 1.83 bits per heavy atom. The van der Waals surface area contributed by atoms with E-state index in [0.717, 1.165) is 25.7 Å². The average Bonchev–Trinajstić information content (AvgIpc) is 2.85. The first-order valence-electron chi connectivity index (χ1n) is 8.00. The predicted molar refractivity (Wildman–Crippen MR) is 87.2 cm³/mol. The van der Waals surface area contributed by atoms with Gasteiger partial charge in [-0.3, -0.25) is 0 Å². The zero-order valence-corrected chi connectivity index (χ0v) is 13.9. The molecule has 2 heterocycles. The van der Waals surface area contributed by atoms with Crippen molar-refractivity contribution in [2.24, 2.45) is 0 Å². The number of anilines is 1. The van der Waals surface area contributed by atoms with Gasteiger partial charge >= 0.3 is 6.03 Å². The van der Waals surface area contributed by atoms with Crippen LogP contribution in [0.5, 0.6) is 11.5 Å². The highest BCUT2D eigenvalue weighted by Gasteiger charge is 2.43. The Balaban J connectivity index is 1.73. The minimum Gasteiger partial charge on any atom is -0.497 e. The van der Waals surface area contributed by atoms with Gasteiger partial charge in [0.1, 0.15) is 11.5 Å². The summed E-state index contributed by atoms with van der Waals surface area (Å²) in [4.78, 5) is 14.7. The van der Waals surface area contributed by atoms with Crippen LogP contribution in [0, 0.1) is 0 Å². The number of hydrogen-bond acceptors (Lipinski definition) is 4. The lowest BCUT2D eigenvalue weighted by Crippen LogP contribution is -2.50. The number of rotatable bonds is 4. The van der Waals surface area contributed by atoms with Crippen molar-refractivity contribution in [3.8, 4) is 11.5 Å². The normalized spacial score (nSPS) is 26.0. The highest BCUT2D eigenvalue weighted by molar-refractivity contribution is 5.91. The topological polar surface area (TPSA) is 60.0 Å². The molecule has 2 bridgehead atoms. The molecule has 6 heteroatoms. The van der Waals surface area contributed by atoms with Crippen LogP contribution in [-0.4, -0.2) is 50.4 Å². The molecule has 2 aliphatic heterocycles.